The maximum atomic E-state index is 10.3. The fraction of sp³-hybridized carbons (Fsp3) is 0.333. The van der Waals surface area contributed by atoms with Gasteiger partial charge in [0.2, 0.25) is 0 Å². The van der Waals surface area contributed by atoms with E-state index in [-0.39, 0.29) is 0 Å². The van der Waals surface area contributed by atoms with Crippen LogP contribution in [0.3, 0.4) is 0 Å². The number of carboxylic acids is 1. The predicted octanol–water partition coefficient (Wildman–Crippen LogP) is 2.12. The minimum atomic E-state index is -0.907. The number of aliphatic carboxylic acids is 1. The van der Waals surface area contributed by atoms with E-state index in [1.165, 1.54) is 30.3 Å². The van der Waals surface area contributed by atoms with Crippen LogP contribution >= 0.6 is 11.3 Å². The Labute approximate surface area is 79.7 Å². The summed E-state index contributed by atoms with van der Waals surface area (Å²) in [6.45, 7) is 0. The van der Waals surface area contributed by atoms with E-state index in [9.17, 15) is 4.79 Å². The van der Waals surface area contributed by atoms with E-state index in [4.69, 9.17) is 5.11 Å². The van der Waals surface area contributed by atoms with E-state index < -0.39 is 5.97 Å². The molecule has 0 aromatic carbocycles. The Kier molecular flexibility index (Phi) is 2.14. The molecule has 1 aliphatic rings. The highest BCUT2D eigenvalue weighted by Gasteiger charge is 2.27. The highest BCUT2D eigenvalue weighted by Crippen LogP contribution is 2.42. The Morgan fingerprint density at radius 3 is 3.08 bits per heavy atom. The zero-order valence-corrected chi connectivity index (χ0v) is 7.75. The second-order valence-corrected chi connectivity index (χ2v) is 3.93. The van der Waals surface area contributed by atoms with Crippen LogP contribution in [0, 0.1) is 0 Å². The summed E-state index contributed by atoms with van der Waals surface area (Å²) in [5.74, 6) is -0.324. The number of rotatable bonds is 3. The van der Waals surface area contributed by atoms with Crippen molar-refractivity contribution < 1.29 is 9.90 Å². The van der Waals surface area contributed by atoms with Gasteiger partial charge in [-0.1, -0.05) is 0 Å². The van der Waals surface area contributed by atoms with Crippen LogP contribution in [0.4, 0.5) is 0 Å². The molecule has 0 atom stereocenters. The summed E-state index contributed by atoms with van der Waals surface area (Å²) in [7, 11) is 0. The third-order valence-electron chi connectivity index (χ3n) is 1.97. The second kappa shape index (κ2) is 3.30. The molecule has 4 heteroatoms. The molecule has 0 spiro atoms. The van der Waals surface area contributed by atoms with Crippen molar-refractivity contribution in [2.45, 2.75) is 18.8 Å². The monoisotopic (exact) mass is 195 g/mol. The van der Waals surface area contributed by atoms with Crippen LogP contribution in [0.25, 0.3) is 6.08 Å². The molecule has 0 amide bonds. The second-order valence-electron chi connectivity index (χ2n) is 3.05. The van der Waals surface area contributed by atoms with Gasteiger partial charge in [0.05, 0.1) is 16.1 Å². The number of aromatic nitrogens is 1. The number of nitrogens with zero attached hydrogens (tertiary/aromatic N) is 1. The molecule has 1 N–H and O–H groups in total. The van der Waals surface area contributed by atoms with E-state index in [2.05, 4.69) is 4.98 Å². The molecule has 0 bridgehead atoms. The minimum absolute atomic E-state index is 0.583. The van der Waals surface area contributed by atoms with Crippen molar-refractivity contribution in [1.29, 1.82) is 0 Å². The molecular weight excluding hydrogens is 186 g/mol. The van der Waals surface area contributed by atoms with Crippen LogP contribution in [-0.2, 0) is 4.79 Å². The van der Waals surface area contributed by atoms with Crippen LogP contribution in [0.2, 0.25) is 0 Å². The highest BCUT2D eigenvalue weighted by atomic mass is 32.1. The van der Waals surface area contributed by atoms with Gasteiger partial charge < -0.3 is 5.11 Å². The normalized spacial score (nSPS) is 16.6. The largest absolute Gasteiger partial charge is 0.478 e. The smallest absolute Gasteiger partial charge is 0.328 e. The molecule has 0 radical (unpaired) electrons. The maximum Gasteiger partial charge on any atom is 0.328 e. The van der Waals surface area contributed by atoms with Gasteiger partial charge in [-0.3, -0.25) is 0 Å². The molecule has 1 aromatic rings. The van der Waals surface area contributed by atoms with Gasteiger partial charge >= 0.3 is 5.97 Å². The average molecular weight is 195 g/mol. The quantitative estimate of drug-likeness (QED) is 0.751. The van der Waals surface area contributed by atoms with Crippen molar-refractivity contribution in [3.63, 3.8) is 0 Å². The molecule has 0 aliphatic heterocycles. The fourth-order valence-electron chi connectivity index (χ4n) is 1.20. The lowest BCUT2D eigenvalue weighted by molar-refractivity contribution is -0.131. The topological polar surface area (TPSA) is 50.2 Å². The zero-order chi connectivity index (χ0) is 9.26. The van der Waals surface area contributed by atoms with Gasteiger partial charge in [-0.25, -0.2) is 9.78 Å². The first-order valence-electron chi connectivity index (χ1n) is 4.12. The summed E-state index contributed by atoms with van der Waals surface area (Å²) < 4.78 is 0. The van der Waals surface area contributed by atoms with Crippen molar-refractivity contribution in [2.75, 3.05) is 0 Å². The van der Waals surface area contributed by atoms with Crippen molar-refractivity contribution in [2.24, 2.45) is 0 Å². The number of hydrogen-bond acceptors (Lipinski definition) is 3. The Morgan fingerprint density at radius 2 is 2.46 bits per heavy atom. The predicted molar refractivity (Wildman–Crippen MR) is 50.8 cm³/mol. The van der Waals surface area contributed by atoms with Crippen LogP contribution in [-0.4, -0.2) is 16.1 Å². The lowest BCUT2D eigenvalue weighted by Crippen LogP contribution is -1.86. The van der Waals surface area contributed by atoms with Gasteiger partial charge in [-0.2, -0.15) is 0 Å². The number of carboxylic acid groups (broad SMARTS) is 1. The third-order valence-corrected chi connectivity index (χ3v) is 2.78. The number of hydrogen-bond donors (Lipinski definition) is 1. The van der Waals surface area contributed by atoms with Gasteiger partial charge in [0.1, 0.15) is 0 Å². The minimum Gasteiger partial charge on any atom is -0.478 e. The summed E-state index contributed by atoms with van der Waals surface area (Å²) in [6, 6.07) is 0. The molecule has 1 aliphatic carbocycles. The van der Waals surface area contributed by atoms with Crippen molar-refractivity contribution in [1.82, 2.24) is 4.98 Å². The molecule has 68 valence electrons. The first kappa shape index (κ1) is 8.44. The number of thiazole rings is 1. The van der Waals surface area contributed by atoms with E-state index in [0.717, 1.165) is 10.6 Å². The number of carbonyl (C=O) groups is 1. The Bertz CT molecular complexity index is 352. The lowest BCUT2D eigenvalue weighted by Gasteiger charge is -1.91. The SMILES string of the molecule is O=C(O)/C=C/c1scnc1C1CC1. The summed E-state index contributed by atoms with van der Waals surface area (Å²) in [5.41, 5.74) is 2.84. The first-order valence-corrected chi connectivity index (χ1v) is 4.99. The standard InChI is InChI=1S/C9H9NO2S/c11-8(12)4-3-7-9(6-1-2-6)10-5-13-7/h3-6H,1-2H2,(H,11,12)/b4-3+. The summed E-state index contributed by atoms with van der Waals surface area (Å²) in [5, 5.41) is 8.45. The van der Waals surface area contributed by atoms with Crippen molar-refractivity contribution in [3.8, 4) is 0 Å². The highest BCUT2D eigenvalue weighted by molar-refractivity contribution is 7.10. The molecule has 0 saturated heterocycles. The van der Waals surface area contributed by atoms with Gasteiger partial charge in [-0.15, -0.1) is 11.3 Å². The van der Waals surface area contributed by atoms with Gasteiger partial charge in [0, 0.05) is 12.0 Å². The van der Waals surface area contributed by atoms with E-state index in [0.29, 0.717) is 5.92 Å². The van der Waals surface area contributed by atoms with E-state index >= 15 is 0 Å². The molecule has 1 fully saturated rings. The fourth-order valence-corrected chi connectivity index (χ4v) is 1.97. The third kappa shape index (κ3) is 1.95. The average Bonchev–Trinajstić information content (AvgIpc) is 2.82. The van der Waals surface area contributed by atoms with Crippen molar-refractivity contribution in [3.05, 3.63) is 22.2 Å². The molecule has 1 heterocycles. The van der Waals surface area contributed by atoms with E-state index in [1.54, 1.807) is 11.6 Å². The molecule has 1 aromatic heterocycles. The molecule has 1 saturated carbocycles. The zero-order valence-electron chi connectivity index (χ0n) is 6.93. The molecule has 3 nitrogen and oxygen atoms in total. The maximum absolute atomic E-state index is 10.3. The lowest BCUT2D eigenvalue weighted by atomic mass is 10.2. The molecular formula is C9H9NO2S. The Hall–Kier alpha value is -1.16. The first-order chi connectivity index (χ1) is 6.27. The van der Waals surface area contributed by atoms with Crippen LogP contribution in [0.1, 0.15) is 29.3 Å². The van der Waals surface area contributed by atoms with Gasteiger partial charge in [0.25, 0.3) is 0 Å². The van der Waals surface area contributed by atoms with Crippen LogP contribution in [0.15, 0.2) is 11.6 Å². The summed E-state index contributed by atoms with van der Waals surface area (Å²) in [4.78, 5) is 15.5. The molecule has 2 rings (SSSR count). The van der Waals surface area contributed by atoms with Gasteiger partial charge in [0.15, 0.2) is 0 Å². The molecule has 0 unspecified atom stereocenters. The van der Waals surface area contributed by atoms with Crippen molar-refractivity contribution >= 4 is 23.4 Å². The Morgan fingerprint density at radius 1 is 1.69 bits per heavy atom. The summed E-state index contributed by atoms with van der Waals surface area (Å²) >= 11 is 1.50. The Balaban J connectivity index is 2.19. The van der Waals surface area contributed by atoms with Crippen LogP contribution in [0.5, 0.6) is 0 Å². The molecule has 13 heavy (non-hydrogen) atoms. The van der Waals surface area contributed by atoms with E-state index in [1.807, 2.05) is 0 Å². The van der Waals surface area contributed by atoms with Gasteiger partial charge in [-0.05, 0) is 18.9 Å². The van der Waals surface area contributed by atoms with Crippen LogP contribution < -0.4 is 0 Å². The summed E-state index contributed by atoms with van der Waals surface area (Å²) in [6.07, 6.45) is 5.18.